The summed E-state index contributed by atoms with van der Waals surface area (Å²) in [6.07, 6.45) is 10.7. The Hall–Kier alpha value is -1.91. The molecule has 5 heteroatoms. The molecule has 2 amide bonds. The van der Waals surface area contributed by atoms with E-state index in [1.54, 1.807) is 6.20 Å². The van der Waals surface area contributed by atoms with E-state index < -0.39 is 5.41 Å². The molecule has 0 unspecified atom stereocenters. The van der Waals surface area contributed by atoms with Crippen molar-refractivity contribution in [1.29, 1.82) is 0 Å². The number of hydrogen-bond acceptors (Lipinski definition) is 3. The Labute approximate surface area is 162 Å². The Morgan fingerprint density at radius 3 is 2.96 bits per heavy atom. The Morgan fingerprint density at radius 2 is 2.22 bits per heavy atom. The first kappa shape index (κ1) is 19.8. The van der Waals surface area contributed by atoms with Gasteiger partial charge in [0, 0.05) is 37.9 Å². The summed E-state index contributed by atoms with van der Waals surface area (Å²) in [5.41, 5.74) is 0.741. The largest absolute Gasteiger partial charge is 0.355 e. The molecule has 0 radical (unpaired) electrons. The van der Waals surface area contributed by atoms with Crippen LogP contribution in [0.2, 0.25) is 0 Å². The molecule has 1 aliphatic heterocycles. The van der Waals surface area contributed by atoms with Crippen molar-refractivity contribution in [3.8, 4) is 0 Å². The molecule has 1 N–H and O–H groups in total. The fourth-order valence-corrected chi connectivity index (χ4v) is 4.71. The number of likely N-dealkylation sites (tertiary alicyclic amines) is 1. The lowest BCUT2D eigenvalue weighted by Crippen LogP contribution is -2.62. The molecular formula is C22H33N3O2. The van der Waals surface area contributed by atoms with Gasteiger partial charge in [0.2, 0.25) is 11.8 Å². The molecule has 148 valence electrons. The number of fused-ring (bicyclic) bond motifs is 1. The topological polar surface area (TPSA) is 62.3 Å². The zero-order chi connectivity index (χ0) is 19.3. The van der Waals surface area contributed by atoms with Crippen LogP contribution >= 0.6 is 0 Å². The summed E-state index contributed by atoms with van der Waals surface area (Å²) < 4.78 is 0. The van der Waals surface area contributed by atoms with E-state index >= 15 is 0 Å². The summed E-state index contributed by atoms with van der Waals surface area (Å²) in [4.78, 5) is 32.1. The van der Waals surface area contributed by atoms with Gasteiger partial charge >= 0.3 is 0 Å². The molecule has 0 bridgehead atoms. The van der Waals surface area contributed by atoms with E-state index in [0.29, 0.717) is 25.3 Å². The molecule has 0 spiro atoms. The van der Waals surface area contributed by atoms with Gasteiger partial charge in [0.05, 0.1) is 5.41 Å². The third-order valence-corrected chi connectivity index (χ3v) is 6.29. The summed E-state index contributed by atoms with van der Waals surface area (Å²) in [6.45, 7) is 5.78. The zero-order valence-corrected chi connectivity index (χ0v) is 16.7. The predicted octanol–water partition coefficient (Wildman–Crippen LogP) is 3.34. The van der Waals surface area contributed by atoms with Crippen molar-refractivity contribution >= 4 is 11.8 Å². The second-order valence-corrected chi connectivity index (χ2v) is 8.55. The van der Waals surface area contributed by atoms with Gasteiger partial charge in [-0.05, 0) is 49.7 Å². The number of nitrogens with zero attached hydrogens (tertiary/aromatic N) is 2. The quantitative estimate of drug-likeness (QED) is 0.800. The van der Waals surface area contributed by atoms with Crippen LogP contribution < -0.4 is 5.32 Å². The number of hydrogen-bond donors (Lipinski definition) is 1. The molecule has 1 saturated carbocycles. The first-order valence-electron chi connectivity index (χ1n) is 10.5. The van der Waals surface area contributed by atoms with E-state index in [-0.39, 0.29) is 17.9 Å². The fourth-order valence-electron chi connectivity index (χ4n) is 4.71. The molecule has 1 aromatic heterocycles. The number of rotatable bonds is 7. The second kappa shape index (κ2) is 8.85. The molecule has 2 fully saturated rings. The normalized spacial score (nSPS) is 25.4. The molecule has 5 nitrogen and oxygen atoms in total. The van der Waals surface area contributed by atoms with Crippen LogP contribution in [0, 0.1) is 11.3 Å². The highest BCUT2D eigenvalue weighted by Gasteiger charge is 2.52. The Kier molecular flexibility index (Phi) is 6.51. The van der Waals surface area contributed by atoms with Crippen LogP contribution in [0.4, 0.5) is 0 Å². The number of nitrogens with one attached hydrogen (secondary N) is 1. The molecule has 3 rings (SSSR count). The first-order valence-corrected chi connectivity index (χ1v) is 10.5. The highest BCUT2D eigenvalue weighted by Crippen LogP contribution is 2.46. The van der Waals surface area contributed by atoms with E-state index in [1.807, 2.05) is 23.2 Å². The number of aromatic nitrogens is 1. The number of piperidine rings is 1. The minimum Gasteiger partial charge on any atom is -0.355 e. The molecule has 1 aliphatic carbocycles. The lowest BCUT2D eigenvalue weighted by molar-refractivity contribution is -0.155. The molecule has 2 heterocycles. The van der Waals surface area contributed by atoms with Gasteiger partial charge in [-0.2, -0.15) is 0 Å². The van der Waals surface area contributed by atoms with Crippen LogP contribution in [0.1, 0.15) is 64.4 Å². The Morgan fingerprint density at radius 1 is 1.37 bits per heavy atom. The monoisotopic (exact) mass is 371 g/mol. The van der Waals surface area contributed by atoms with E-state index in [4.69, 9.17) is 0 Å². The molecule has 2 atom stereocenters. The van der Waals surface area contributed by atoms with Crippen molar-refractivity contribution in [2.75, 3.05) is 13.1 Å². The van der Waals surface area contributed by atoms with Crippen molar-refractivity contribution in [2.24, 2.45) is 11.3 Å². The predicted molar refractivity (Wildman–Crippen MR) is 106 cm³/mol. The molecule has 1 saturated heterocycles. The summed E-state index contributed by atoms with van der Waals surface area (Å²) in [7, 11) is 0. The van der Waals surface area contributed by atoms with Gasteiger partial charge in [-0.3, -0.25) is 14.6 Å². The highest BCUT2D eigenvalue weighted by molar-refractivity contribution is 5.88. The van der Waals surface area contributed by atoms with Gasteiger partial charge in [-0.25, -0.2) is 0 Å². The Balaban J connectivity index is 1.68. The fraction of sp³-hybridized carbons (Fsp3) is 0.682. The van der Waals surface area contributed by atoms with Crippen LogP contribution in [-0.2, 0) is 16.0 Å². The van der Waals surface area contributed by atoms with E-state index in [9.17, 15) is 9.59 Å². The first-order chi connectivity index (χ1) is 13.0. The van der Waals surface area contributed by atoms with Gasteiger partial charge < -0.3 is 10.2 Å². The SMILES string of the molecule is CC(C)CCN1C(=O)CC[C@]2(C(=O)NCCc3cccnc3)CCCC[C@@H]12. The number of carbonyl (C=O) groups is 2. The minimum atomic E-state index is -0.391. The van der Waals surface area contributed by atoms with E-state index in [0.717, 1.165) is 50.6 Å². The lowest BCUT2D eigenvalue weighted by Gasteiger charge is -2.51. The van der Waals surface area contributed by atoms with Crippen molar-refractivity contribution in [3.05, 3.63) is 30.1 Å². The zero-order valence-electron chi connectivity index (χ0n) is 16.7. The summed E-state index contributed by atoms with van der Waals surface area (Å²) >= 11 is 0. The third kappa shape index (κ3) is 4.50. The maximum absolute atomic E-state index is 13.3. The number of amides is 2. The van der Waals surface area contributed by atoms with Crippen molar-refractivity contribution in [1.82, 2.24) is 15.2 Å². The summed E-state index contributed by atoms with van der Waals surface area (Å²) in [5.74, 6) is 0.950. The van der Waals surface area contributed by atoms with Crippen molar-refractivity contribution in [2.45, 2.75) is 71.3 Å². The summed E-state index contributed by atoms with van der Waals surface area (Å²) in [5, 5.41) is 3.19. The standard InChI is InChI=1S/C22H33N3O2/c1-17(2)10-15-25-19-7-3-4-11-22(19,12-8-20(25)26)21(27)24-14-9-18-6-5-13-23-16-18/h5-6,13,16-17,19H,3-4,7-12,14-15H2,1-2H3,(H,24,27)/t19-,22-/m1/s1. The van der Waals surface area contributed by atoms with Gasteiger partial charge in [0.1, 0.15) is 0 Å². The highest BCUT2D eigenvalue weighted by atomic mass is 16.2. The van der Waals surface area contributed by atoms with Crippen LogP contribution in [0.3, 0.4) is 0 Å². The Bertz CT molecular complexity index is 646. The average Bonchev–Trinajstić information content (AvgIpc) is 2.68. The van der Waals surface area contributed by atoms with Crippen LogP contribution in [0.15, 0.2) is 24.5 Å². The molecule has 2 aliphatic rings. The van der Waals surface area contributed by atoms with Gasteiger partial charge in [-0.1, -0.05) is 32.8 Å². The lowest BCUT2D eigenvalue weighted by atomic mass is 9.64. The van der Waals surface area contributed by atoms with Crippen molar-refractivity contribution in [3.63, 3.8) is 0 Å². The molecular weight excluding hydrogens is 338 g/mol. The van der Waals surface area contributed by atoms with E-state index in [2.05, 4.69) is 24.1 Å². The van der Waals surface area contributed by atoms with Crippen LogP contribution in [0.25, 0.3) is 0 Å². The smallest absolute Gasteiger partial charge is 0.228 e. The van der Waals surface area contributed by atoms with Crippen LogP contribution in [-0.4, -0.2) is 40.8 Å². The average molecular weight is 372 g/mol. The molecule has 1 aromatic rings. The maximum Gasteiger partial charge on any atom is 0.228 e. The van der Waals surface area contributed by atoms with Gasteiger partial charge in [0.25, 0.3) is 0 Å². The van der Waals surface area contributed by atoms with Gasteiger partial charge in [-0.15, -0.1) is 0 Å². The number of pyridine rings is 1. The molecule has 0 aromatic carbocycles. The van der Waals surface area contributed by atoms with Crippen molar-refractivity contribution < 1.29 is 9.59 Å². The summed E-state index contributed by atoms with van der Waals surface area (Å²) in [6, 6.07) is 4.03. The minimum absolute atomic E-state index is 0.0737. The maximum atomic E-state index is 13.3. The third-order valence-electron chi connectivity index (χ3n) is 6.29. The van der Waals surface area contributed by atoms with Crippen LogP contribution in [0.5, 0.6) is 0 Å². The molecule has 27 heavy (non-hydrogen) atoms. The number of carbonyl (C=O) groups excluding carboxylic acids is 2. The van der Waals surface area contributed by atoms with E-state index in [1.165, 1.54) is 0 Å². The van der Waals surface area contributed by atoms with Gasteiger partial charge in [0.15, 0.2) is 0 Å². The second-order valence-electron chi connectivity index (χ2n) is 8.55.